The van der Waals surface area contributed by atoms with Gasteiger partial charge in [-0.05, 0) is 51.8 Å². The zero-order chi connectivity index (χ0) is 18.8. The van der Waals surface area contributed by atoms with Crippen LogP contribution < -0.4 is 11.1 Å². The number of carbonyl (C=O) groups is 2. The van der Waals surface area contributed by atoms with Crippen LogP contribution in [-0.2, 0) is 0 Å². The zero-order valence-corrected chi connectivity index (χ0v) is 15.4. The molecule has 7 nitrogen and oxygen atoms in total. The number of likely N-dealkylation sites (tertiary alicyclic amines) is 1. The molecule has 1 aromatic rings. The molecule has 0 saturated carbocycles. The standard InChI is InChI=1S/C18H28N4O3/c1-18(2,3)22(17(24)25)13-6-5-9-21(11-13)16(23)12-7-8-15(20-4)14(19)10-12/h7-8,10,13,20H,5-6,9,11,19H2,1-4H3,(H,24,25). The van der Waals surface area contributed by atoms with Gasteiger partial charge in [0.1, 0.15) is 0 Å². The number of piperidine rings is 1. The number of nitrogens with zero attached hydrogens (tertiary/aromatic N) is 2. The quantitative estimate of drug-likeness (QED) is 0.730. The fourth-order valence-electron chi connectivity index (χ4n) is 3.45. The minimum atomic E-state index is -0.950. The Kier molecular flexibility index (Phi) is 5.45. The Bertz CT molecular complexity index is 654. The maximum absolute atomic E-state index is 12.8. The summed E-state index contributed by atoms with van der Waals surface area (Å²) in [4.78, 5) is 27.7. The van der Waals surface area contributed by atoms with Gasteiger partial charge in [0.25, 0.3) is 5.91 Å². The lowest BCUT2D eigenvalue weighted by Crippen LogP contribution is -2.57. The van der Waals surface area contributed by atoms with E-state index in [0.717, 1.165) is 18.5 Å². The largest absolute Gasteiger partial charge is 0.465 e. The van der Waals surface area contributed by atoms with Crippen LogP contribution in [-0.4, -0.2) is 58.6 Å². The summed E-state index contributed by atoms with van der Waals surface area (Å²) in [6.45, 7) is 6.65. The fourth-order valence-corrected chi connectivity index (χ4v) is 3.45. The number of carboxylic acid groups (broad SMARTS) is 1. The van der Waals surface area contributed by atoms with E-state index in [1.54, 1.807) is 30.1 Å². The van der Waals surface area contributed by atoms with Gasteiger partial charge in [0.15, 0.2) is 0 Å². The Morgan fingerprint density at radius 1 is 1.36 bits per heavy atom. The summed E-state index contributed by atoms with van der Waals surface area (Å²) in [5, 5.41) is 12.6. The molecular weight excluding hydrogens is 320 g/mol. The van der Waals surface area contributed by atoms with Crippen LogP contribution in [0.5, 0.6) is 0 Å². The lowest BCUT2D eigenvalue weighted by atomic mass is 9.97. The topological polar surface area (TPSA) is 98.9 Å². The maximum Gasteiger partial charge on any atom is 0.408 e. The highest BCUT2D eigenvalue weighted by atomic mass is 16.4. The fraction of sp³-hybridized carbons (Fsp3) is 0.556. The van der Waals surface area contributed by atoms with E-state index in [0.29, 0.717) is 24.3 Å². The third kappa shape index (κ3) is 4.15. The van der Waals surface area contributed by atoms with Crippen LogP contribution in [0, 0.1) is 0 Å². The first-order chi connectivity index (χ1) is 11.6. The number of rotatable bonds is 3. The van der Waals surface area contributed by atoms with Crippen LogP contribution in [0.1, 0.15) is 44.0 Å². The van der Waals surface area contributed by atoms with Crippen molar-refractivity contribution in [2.75, 3.05) is 31.2 Å². The van der Waals surface area contributed by atoms with Crippen molar-refractivity contribution in [1.82, 2.24) is 9.80 Å². The van der Waals surface area contributed by atoms with Crippen LogP contribution in [0.2, 0.25) is 0 Å². The van der Waals surface area contributed by atoms with E-state index in [-0.39, 0.29) is 11.9 Å². The van der Waals surface area contributed by atoms with Crippen molar-refractivity contribution in [2.45, 2.75) is 45.2 Å². The van der Waals surface area contributed by atoms with E-state index in [1.807, 2.05) is 20.8 Å². The molecule has 1 aliphatic rings. The average Bonchev–Trinajstić information content (AvgIpc) is 2.52. The first-order valence-electron chi connectivity index (χ1n) is 8.54. The molecule has 1 saturated heterocycles. The van der Waals surface area contributed by atoms with Crippen LogP contribution in [0.25, 0.3) is 0 Å². The minimum absolute atomic E-state index is 0.113. The van der Waals surface area contributed by atoms with Crippen molar-refractivity contribution >= 4 is 23.4 Å². The van der Waals surface area contributed by atoms with Crippen molar-refractivity contribution in [1.29, 1.82) is 0 Å². The van der Waals surface area contributed by atoms with Crippen LogP contribution in [0.4, 0.5) is 16.2 Å². The molecule has 0 aromatic heterocycles. The summed E-state index contributed by atoms with van der Waals surface area (Å²) >= 11 is 0. The third-order valence-corrected chi connectivity index (χ3v) is 4.55. The molecule has 4 N–H and O–H groups in total. The van der Waals surface area contributed by atoms with E-state index in [4.69, 9.17) is 5.73 Å². The predicted octanol–water partition coefficient (Wildman–Crippen LogP) is 2.69. The van der Waals surface area contributed by atoms with Crippen LogP contribution in [0.15, 0.2) is 18.2 Å². The number of amides is 2. The Morgan fingerprint density at radius 2 is 2.04 bits per heavy atom. The highest BCUT2D eigenvalue weighted by Gasteiger charge is 2.36. The van der Waals surface area contributed by atoms with E-state index < -0.39 is 11.6 Å². The molecule has 2 rings (SSSR count). The number of hydrogen-bond acceptors (Lipinski definition) is 4. The van der Waals surface area contributed by atoms with Gasteiger partial charge in [-0.25, -0.2) is 4.79 Å². The van der Waals surface area contributed by atoms with Gasteiger partial charge in [-0.2, -0.15) is 0 Å². The van der Waals surface area contributed by atoms with Crippen molar-refractivity contribution in [2.24, 2.45) is 0 Å². The smallest absolute Gasteiger partial charge is 0.408 e. The summed E-state index contributed by atoms with van der Waals surface area (Å²) in [6.07, 6.45) is 0.587. The second-order valence-electron chi connectivity index (χ2n) is 7.42. The summed E-state index contributed by atoms with van der Waals surface area (Å²) in [7, 11) is 1.77. The second-order valence-corrected chi connectivity index (χ2v) is 7.42. The Labute approximate surface area is 148 Å². The molecule has 2 amide bonds. The van der Waals surface area contributed by atoms with Crippen LogP contribution in [0.3, 0.4) is 0 Å². The number of benzene rings is 1. The van der Waals surface area contributed by atoms with Crippen molar-refractivity contribution in [3.63, 3.8) is 0 Å². The Morgan fingerprint density at radius 3 is 2.56 bits per heavy atom. The Balaban J connectivity index is 2.19. The summed E-state index contributed by atoms with van der Waals surface area (Å²) < 4.78 is 0. The molecule has 138 valence electrons. The maximum atomic E-state index is 12.8. The van der Waals surface area contributed by atoms with Gasteiger partial charge in [0.2, 0.25) is 0 Å². The lowest BCUT2D eigenvalue weighted by Gasteiger charge is -2.44. The van der Waals surface area contributed by atoms with Crippen molar-refractivity contribution in [3.8, 4) is 0 Å². The molecule has 0 spiro atoms. The molecule has 1 fully saturated rings. The third-order valence-electron chi connectivity index (χ3n) is 4.55. The second kappa shape index (κ2) is 7.21. The van der Waals surface area contributed by atoms with E-state index in [9.17, 15) is 14.7 Å². The summed E-state index contributed by atoms with van der Waals surface area (Å²) in [6, 6.07) is 4.98. The average molecular weight is 348 g/mol. The molecule has 1 unspecified atom stereocenters. The first-order valence-corrected chi connectivity index (χ1v) is 8.54. The molecule has 0 bridgehead atoms. The number of nitrogens with two attached hydrogens (primary N) is 1. The predicted molar refractivity (Wildman–Crippen MR) is 98.9 cm³/mol. The minimum Gasteiger partial charge on any atom is -0.465 e. The van der Waals surface area contributed by atoms with Gasteiger partial charge >= 0.3 is 6.09 Å². The van der Waals surface area contributed by atoms with E-state index >= 15 is 0 Å². The summed E-state index contributed by atoms with van der Waals surface area (Å²) in [5.41, 5.74) is 7.26. The molecule has 1 atom stereocenters. The van der Waals surface area contributed by atoms with Crippen molar-refractivity contribution < 1.29 is 14.7 Å². The van der Waals surface area contributed by atoms with Gasteiger partial charge in [-0.1, -0.05) is 0 Å². The number of hydrogen-bond donors (Lipinski definition) is 3. The molecule has 25 heavy (non-hydrogen) atoms. The highest BCUT2D eigenvalue weighted by molar-refractivity contribution is 5.96. The van der Waals surface area contributed by atoms with Crippen LogP contribution >= 0.6 is 0 Å². The molecule has 7 heteroatoms. The molecule has 0 radical (unpaired) electrons. The number of nitrogen functional groups attached to an aromatic ring is 1. The normalized spacial score (nSPS) is 17.9. The van der Waals surface area contributed by atoms with E-state index in [2.05, 4.69) is 5.32 Å². The number of nitrogens with one attached hydrogen (secondary N) is 1. The lowest BCUT2D eigenvalue weighted by molar-refractivity contribution is 0.0315. The first kappa shape index (κ1) is 18.9. The van der Waals surface area contributed by atoms with Gasteiger partial charge < -0.3 is 21.1 Å². The zero-order valence-electron chi connectivity index (χ0n) is 15.4. The molecule has 0 aliphatic carbocycles. The van der Waals surface area contributed by atoms with E-state index in [1.165, 1.54) is 4.90 Å². The molecular formula is C18H28N4O3. The van der Waals surface area contributed by atoms with Gasteiger partial charge in [0, 0.05) is 31.2 Å². The Hall–Kier alpha value is -2.44. The van der Waals surface area contributed by atoms with Gasteiger partial charge in [-0.3, -0.25) is 9.69 Å². The summed E-state index contributed by atoms with van der Waals surface area (Å²) in [5.74, 6) is -0.113. The molecule has 1 aromatic carbocycles. The molecule has 1 aliphatic heterocycles. The number of anilines is 2. The van der Waals surface area contributed by atoms with Gasteiger partial charge in [0.05, 0.1) is 17.4 Å². The molecule has 1 heterocycles. The highest BCUT2D eigenvalue weighted by Crippen LogP contribution is 2.26. The monoisotopic (exact) mass is 348 g/mol. The number of carbonyl (C=O) groups excluding carboxylic acids is 1. The van der Waals surface area contributed by atoms with Gasteiger partial charge in [-0.15, -0.1) is 0 Å². The SMILES string of the molecule is CNc1ccc(C(=O)N2CCCC(N(C(=O)O)C(C)(C)C)C2)cc1N. The van der Waals surface area contributed by atoms with Crippen molar-refractivity contribution in [3.05, 3.63) is 23.8 Å².